The van der Waals surface area contributed by atoms with Crippen LogP contribution in [-0.2, 0) is 6.42 Å². The molecule has 1 fully saturated rings. The number of hydrogen-bond donors (Lipinski definition) is 0. The molecule has 0 heterocycles. The lowest BCUT2D eigenvalue weighted by atomic mass is 9.50. The smallest absolute Gasteiger partial charge is 0.0190 e. The molecule has 0 heteroatoms. The highest BCUT2D eigenvalue weighted by Crippen LogP contribution is 2.60. The first-order valence-corrected chi connectivity index (χ1v) is 15.8. The molecule has 0 amide bonds. The van der Waals surface area contributed by atoms with E-state index >= 15 is 0 Å². The molecule has 1 aromatic carbocycles. The summed E-state index contributed by atoms with van der Waals surface area (Å²) in [6.45, 7) is 30.5. The first kappa shape index (κ1) is 31.9. The van der Waals surface area contributed by atoms with Crippen LogP contribution in [0.15, 0.2) is 41.0 Å². The Morgan fingerprint density at radius 2 is 1.24 bits per heavy atom. The third kappa shape index (κ3) is 7.22. The SMILES string of the molecule is CC.CC(C)C1=C(C(C)C)CC2(C)CCCC(C)(C)C2C1.CC(C)C1=C(C(C)C)c2ccccc2CC1. The van der Waals surface area contributed by atoms with E-state index in [0.717, 1.165) is 17.8 Å². The van der Waals surface area contributed by atoms with Gasteiger partial charge in [-0.25, -0.2) is 0 Å². The second kappa shape index (κ2) is 13.2. The van der Waals surface area contributed by atoms with Gasteiger partial charge in [0.25, 0.3) is 0 Å². The van der Waals surface area contributed by atoms with Gasteiger partial charge in [-0.3, -0.25) is 0 Å². The van der Waals surface area contributed by atoms with Crippen molar-refractivity contribution in [3.05, 3.63) is 52.1 Å². The van der Waals surface area contributed by atoms with E-state index in [2.05, 4.69) is 100 Å². The summed E-state index contributed by atoms with van der Waals surface area (Å²) in [5.74, 6) is 3.69. The predicted molar refractivity (Wildman–Crippen MR) is 168 cm³/mol. The van der Waals surface area contributed by atoms with Crippen molar-refractivity contribution in [2.45, 2.75) is 135 Å². The molecular weight excluding hydrogens is 444 g/mol. The average Bonchev–Trinajstić information content (AvgIpc) is 2.83. The van der Waals surface area contributed by atoms with Crippen LogP contribution in [0.2, 0.25) is 0 Å². The lowest BCUT2D eigenvalue weighted by molar-refractivity contribution is -0.00920. The van der Waals surface area contributed by atoms with Crippen molar-refractivity contribution in [1.82, 2.24) is 0 Å². The van der Waals surface area contributed by atoms with E-state index in [-0.39, 0.29) is 0 Å². The monoisotopic (exact) mass is 506 g/mol. The molecule has 0 aliphatic heterocycles. The molecule has 37 heavy (non-hydrogen) atoms. The average molecular weight is 507 g/mol. The topological polar surface area (TPSA) is 0 Å². The maximum absolute atomic E-state index is 2.58. The number of rotatable bonds is 4. The molecule has 2 atom stereocenters. The molecule has 210 valence electrons. The minimum atomic E-state index is 0.537. The van der Waals surface area contributed by atoms with E-state index in [1.807, 2.05) is 13.8 Å². The zero-order valence-corrected chi connectivity index (χ0v) is 27.1. The number of benzene rings is 1. The zero-order chi connectivity index (χ0) is 28.1. The second-order valence-corrected chi connectivity index (χ2v) is 14.2. The summed E-state index contributed by atoms with van der Waals surface area (Å²) in [6, 6.07) is 8.92. The lowest BCUT2D eigenvalue weighted by Crippen LogP contribution is -2.45. The van der Waals surface area contributed by atoms with Crippen molar-refractivity contribution in [1.29, 1.82) is 0 Å². The van der Waals surface area contributed by atoms with Crippen LogP contribution in [0.1, 0.15) is 140 Å². The summed E-state index contributed by atoms with van der Waals surface area (Å²) in [7, 11) is 0. The van der Waals surface area contributed by atoms with Crippen LogP contribution in [0, 0.1) is 40.4 Å². The Labute approximate surface area is 232 Å². The van der Waals surface area contributed by atoms with Gasteiger partial charge in [-0.1, -0.05) is 137 Å². The Morgan fingerprint density at radius 3 is 1.78 bits per heavy atom. The van der Waals surface area contributed by atoms with Crippen LogP contribution in [0.25, 0.3) is 5.57 Å². The van der Waals surface area contributed by atoms with E-state index in [9.17, 15) is 0 Å². The quantitative estimate of drug-likeness (QED) is 0.356. The Hall–Kier alpha value is -1.30. The lowest BCUT2D eigenvalue weighted by Gasteiger charge is -2.55. The summed E-state index contributed by atoms with van der Waals surface area (Å²) >= 11 is 0. The number of fused-ring (bicyclic) bond motifs is 2. The molecule has 0 spiro atoms. The van der Waals surface area contributed by atoms with Gasteiger partial charge in [-0.15, -0.1) is 0 Å². The third-order valence-corrected chi connectivity index (χ3v) is 9.77. The Bertz CT molecular complexity index is 933. The van der Waals surface area contributed by atoms with Crippen LogP contribution >= 0.6 is 0 Å². The van der Waals surface area contributed by atoms with Crippen LogP contribution in [-0.4, -0.2) is 0 Å². The van der Waals surface area contributed by atoms with Crippen LogP contribution < -0.4 is 0 Å². The molecule has 0 aromatic heterocycles. The molecule has 3 aliphatic carbocycles. The van der Waals surface area contributed by atoms with Gasteiger partial charge in [-0.05, 0) is 95.6 Å². The van der Waals surface area contributed by atoms with E-state index < -0.39 is 0 Å². The van der Waals surface area contributed by atoms with Crippen molar-refractivity contribution in [3.63, 3.8) is 0 Å². The minimum Gasteiger partial charge on any atom is -0.0683 e. The Balaban J connectivity index is 0.000000247. The molecule has 0 N–H and O–H groups in total. The first-order valence-electron chi connectivity index (χ1n) is 15.8. The van der Waals surface area contributed by atoms with Gasteiger partial charge in [-0.2, -0.15) is 0 Å². The summed E-state index contributed by atoms with van der Waals surface area (Å²) < 4.78 is 0. The van der Waals surface area contributed by atoms with Gasteiger partial charge in [0.05, 0.1) is 0 Å². The molecule has 0 nitrogen and oxygen atoms in total. The molecule has 1 aromatic rings. The van der Waals surface area contributed by atoms with Crippen LogP contribution in [0.4, 0.5) is 0 Å². The molecular formula is C37H62. The van der Waals surface area contributed by atoms with Gasteiger partial charge < -0.3 is 0 Å². The summed E-state index contributed by atoms with van der Waals surface area (Å²) in [5.41, 5.74) is 11.0. The first-order chi connectivity index (χ1) is 17.3. The molecule has 0 radical (unpaired) electrons. The van der Waals surface area contributed by atoms with Crippen LogP contribution in [0.3, 0.4) is 0 Å². The molecule has 3 aliphatic rings. The molecule has 2 unspecified atom stereocenters. The highest BCUT2D eigenvalue weighted by molar-refractivity contribution is 5.74. The zero-order valence-electron chi connectivity index (χ0n) is 27.1. The van der Waals surface area contributed by atoms with Crippen molar-refractivity contribution in [3.8, 4) is 0 Å². The summed E-state index contributed by atoms with van der Waals surface area (Å²) in [4.78, 5) is 0. The van der Waals surface area contributed by atoms with E-state index in [1.165, 1.54) is 56.1 Å². The van der Waals surface area contributed by atoms with Gasteiger partial charge in [0.15, 0.2) is 0 Å². The van der Waals surface area contributed by atoms with E-state index in [1.54, 1.807) is 22.3 Å². The molecule has 4 rings (SSSR count). The van der Waals surface area contributed by atoms with Gasteiger partial charge in [0, 0.05) is 0 Å². The van der Waals surface area contributed by atoms with Gasteiger partial charge in [0.1, 0.15) is 0 Å². The highest BCUT2D eigenvalue weighted by atomic mass is 14.5. The summed E-state index contributed by atoms with van der Waals surface area (Å²) in [6.07, 6.45) is 9.52. The fraction of sp³-hybridized carbons (Fsp3) is 0.730. The highest BCUT2D eigenvalue weighted by Gasteiger charge is 2.49. The minimum absolute atomic E-state index is 0.537. The van der Waals surface area contributed by atoms with Gasteiger partial charge in [0.2, 0.25) is 0 Å². The Morgan fingerprint density at radius 1 is 0.676 bits per heavy atom. The fourth-order valence-corrected chi connectivity index (χ4v) is 7.91. The predicted octanol–water partition coefficient (Wildman–Crippen LogP) is 11.9. The standard InChI is InChI=1S/C19H34.C16H22.C2H6/c1-13(2)15-11-17-18(5,6)9-8-10-19(17,7)12-16(15)14(3)4;1-11(2)14-10-9-13-7-5-6-8-15(13)16(14)12(3)4;1-2/h13-14,17H,8-12H2,1-7H3;5-8,11-12H,9-10H2,1-4H3;1-2H3. The Kier molecular flexibility index (Phi) is 11.4. The van der Waals surface area contributed by atoms with Crippen molar-refractivity contribution in [2.75, 3.05) is 0 Å². The number of allylic oxidation sites excluding steroid dienone is 4. The maximum atomic E-state index is 2.58. The molecule has 0 saturated heterocycles. The normalized spacial score (nSPS) is 24.9. The van der Waals surface area contributed by atoms with Crippen molar-refractivity contribution >= 4 is 5.57 Å². The van der Waals surface area contributed by atoms with Crippen molar-refractivity contribution < 1.29 is 0 Å². The van der Waals surface area contributed by atoms with Crippen molar-refractivity contribution in [2.24, 2.45) is 40.4 Å². The third-order valence-electron chi connectivity index (χ3n) is 9.77. The molecule has 1 saturated carbocycles. The van der Waals surface area contributed by atoms with E-state index in [0.29, 0.717) is 22.7 Å². The maximum Gasteiger partial charge on any atom is -0.0190 e. The molecule has 0 bridgehead atoms. The van der Waals surface area contributed by atoms with Crippen LogP contribution in [0.5, 0.6) is 0 Å². The fourth-order valence-electron chi connectivity index (χ4n) is 7.91. The summed E-state index contributed by atoms with van der Waals surface area (Å²) in [5, 5.41) is 0. The number of aryl methyl sites for hydroxylation is 1. The van der Waals surface area contributed by atoms with E-state index in [4.69, 9.17) is 0 Å². The largest absolute Gasteiger partial charge is 0.0683 e. The second-order valence-electron chi connectivity index (χ2n) is 14.2. The number of hydrogen-bond acceptors (Lipinski definition) is 0. The van der Waals surface area contributed by atoms with Gasteiger partial charge >= 0.3 is 0 Å².